The monoisotopic (exact) mass is 457 g/mol. The van der Waals surface area contributed by atoms with Crippen molar-refractivity contribution < 1.29 is 23.6 Å². The minimum absolute atomic E-state index is 0.0213. The molecule has 0 aliphatic carbocycles. The summed E-state index contributed by atoms with van der Waals surface area (Å²) < 4.78 is 15.9. The molecule has 0 fully saturated rings. The number of nitro groups is 1. The number of benzene rings is 3. The summed E-state index contributed by atoms with van der Waals surface area (Å²) in [5, 5.41) is 11.0. The molecule has 0 N–H and O–H groups in total. The van der Waals surface area contributed by atoms with Gasteiger partial charge in [0, 0.05) is 28.8 Å². The maximum Gasteiger partial charge on any atom is 0.344 e. The minimum Gasteiger partial charge on any atom is -0.497 e. The van der Waals surface area contributed by atoms with Gasteiger partial charge < -0.3 is 13.9 Å². The van der Waals surface area contributed by atoms with Crippen molar-refractivity contribution in [2.75, 3.05) is 14.2 Å². The van der Waals surface area contributed by atoms with E-state index >= 15 is 0 Å². The predicted molar refractivity (Wildman–Crippen MR) is 125 cm³/mol. The molecule has 1 aromatic heterocycles. The number of ether oxygens (including phenoxy) is 2. The fourth-order valence-corrected chi connectivity index (χ4v) is 3.49. The van der Waals surface area contributed by atoms with E-state index in [2.05, 4.69) is 0 Å². The Morgan fingerprint density at radius 2 is 1.35 bits per heavy atom. The van der Waals surface area contributed by atoms with Crippen molar-refractivity contribution >= 4 is 11.5 Å². The molecule has 1 heterocycles. The highest BCUT2D eigenvalue weighted by molar-refractivity contribution is 6.13. The molecule has 0 atom stereocenters. The highest BCUT2D eigenvalue weighted by Crippen LogP contribution is 2.30. The van der Waals surface area contributed by atoms with Crippen LogP contribution >= 0.6 is 0 Å². The van der Waals surface area contributed by atoms with E-state index in [0.29, 0.717) is 28.2 Å². The first-order chi connectivity index (χ1) is 16.4. The van der Waals surface area contributed by atoms with Crippen LogP contribution in [0.15, 0.2) is 88.1 Å². The van der Waals surface area contributed by atoms with Gasteiger partial charge in [-0.1, -0.05) is 0 Å². The summed E-state index contributed by atoms with van der Waals surface area (Å²) in [7, 11) is 3.06. The lowest BCUT2D eigenvalue weighted by molar-refractivity contribution is -0.384. The topological polar surface area (TPSA) is 109 Å². The number of nitrogens with zero attached hydrogens (tertiary/aromatic N) is 1. The third-order valence-electron chi connectivity index (χ3n) is 5.29. The average Bonchev–Trinajstić information content (AvgIpc) is 2.88. The highest BCUT2D eigenvalue weighted by atomic mass is 16.6. The summed E-state index contributed by atoms with van der Waals surface area (Å²) in [6.07, 6.45) is 0. The molecule has 0 saturated carbocycles. The molecular formula is C26H19NO7. The molecule has 0 aliphatic rings. The average molecular weight is 457 g/mol. The highest BCUT2D eigenvalue weighted by Gasteiger charge is 2.22. The number of methoxy groups -OCH3 is 2. The fraction of sp³-hybridized carbons (Fsp3) is 0.0769. The number of hydrogen-bond donors (Lipinski definition) is 0. The van der Waals surface area contributed by atoms with Gasteiger partial charge in [-0.2, -0.15) is 0 Å². The number of rotatable bonds is 7. The SMILES string of the molecule is COc1ccc(C(=O)c2cc(-c3ccc(OC)cc3)oc(=O)c2-c2ccc([N+](=O)[O-])cc2)cc1. The van der Waals surface area contributed by atoms with Gasteiger partial charge in [0.25, 0.3) is 5.69 Å². The second kappa shape index (κ2) is 9.41. The summed E-state index contributed by atoms with van der Waals surface area (Å²) in [5.74, 6) is 1.01. The third-order valence-corrected chi connectivity index (χ3v) is 5.29. The Balaban J connectivity index is 1.89. The van der Waals surface area contributed by atoms with Crippen molar-refractivity contribution in [1.29, 1.82) is 0 Å². The molecule has 170 valence electrons. The van der Waals surface area contributed by atoms with Crippen LogP contribution in [0.3, 0.4) is 0 Å². The zero-order valence-corrected chi connectivity index (χ0v) is 18.3. The zero-order chi connectivity index (χ0) is 24.2. The van der Waals surface area contributed by atoms with Crippen molar-refractivity contribution in [2.24, 2.45) is 0 Å². The van der Waals surface area contributed by atoms with E-state index in [0.717, 1.165) is 0 Å². The van der Waals surface area contributed by atoms with Gasteiger partial charge in [-0.25, -0.2) is 4.79 Å². The van der Waals surface area contributed by atoms with E-state index in [1.165, 1.54) is 37.4 Å². The van der Waals surface area contributed by atoms with E-state index in [-0.39, 0.29) is 22.6 Å². The molecule has 0 bridgehead atoms. The van der Waals surface area contributed by atoms with Crippen molar-refractivity contribution in [2.45, 2.75) is 0 Å². The molecule has 8 nitrogen and oxygen atoms in total. The van der Waals surface area contributed by atoms with Crippen LogP contribution in [-0.4, -0.2) is 24.9 Å². The Bertz CT molecular complexity index is 1400. The lowest BCUT2D eigenvalue weighted by Gasteiger charge is -2.11. The molecule has 0 saturated heterocycles. The van der Waals surface area contributed by atoms with E-state index < -0.39 is 16.3 Å². The molecule has 0 unspecified atom stereocenters. The number of non-ortho nitro benzene ring substituents is 1. The Morgan fingerprint density at radius 3 is 1.88 bits per heavy atom. The predicted octanol–water partition coefficient (Wildman–Crippen LogP) is 5.13. The van der Waals surface area contributed by atoms with Crippen LogP contribution in [0.25, 0.3) is 22.5 Å². The van der Waals surface area contributed by atoms with Gasteiger partial charge in [0.1, 0.15) is 17.3 Å². The molecule has 0 spiro atoms. The van der Waals surface area contributed by atoms with Crippen molar-refractivity contribution in [1.82, 2.24) is 0 Å². The number of nitro benzene ring substituents is 1. The normalized spacial score (nSPS) is 10.5. The van der Waals surface area contributed by atoms with Crippen molar-refractivity contribution in [3.63, 3.8) is 0 Å². The number of hydrogen-bond acceptors (Lipinski definition) is 7. The van der Waals surface area contributed by atoms with Crippen LogP contribution in [0.5, 0.6) is 11.5 Å². The molecule has 0 radical (unpaired) electrons. The summed E-state index contributed by atoms with van der Waals surface area (Å²) >= 11 is 0. The van der Waals surface area contributed by atoms with Gasteiger partial charge in [0.05, 0.1) is 24.7 Å². The Kier molecular flexibility index (Phi) is 6.22. The quantitative estimate of drug-likeness (QED) is 0.215. The van der Waals surface area contributed by atoms with Crippen LogP contribution in [-0.2, 0) is 0 Å². The molecule has 4 aromatic rings. The van der Waals surface area contributed by atoms with E-state index in [4.69, 9.17) is 13.9 Å². The molecule has 3 aromatic carbocycles. The Morgan fingerprint density at radius 1 is 0.824 bits per heavy atom. The van der Waals surface area contributed by atoms with E-state index in [1.54, 1.807) is 55.6 Å². The molecular weight excluding hydrogens is 438 g/mol. The molecule has 4 rings (SSSR count). The van der Waals surface area contributed by atoms with Gasteiger partial charge in [0.2, 0.25) is 0 Å². The van der Waals surface area contributed by atoms with Crippen LogP contribution < -0.4 is 15.1 Å². The minimum atomic E-state index is -0.737. The smallest absolute Gasteiger partial charge is 0.344 e. The first-order valence-electron chi connectivity index (χ1n) is 10.2. The summed E-state index contributed by atoms with van der Waals surface area (Å²) in [6.45, 7) is 0. The number of carbonyl (C=O) groups excluding carboxylic acids is 1. The lowest BCUT2D eigenvalue weighted by atomic mass is 9.94. The molecule has 0 aliphatic heterocycles. The zero-order valence-electron chi connectivity index (χ0n) is 18.3. The second-order valence-corrected chi connectivity index (χ2v) is 7.28. The number of carbonyl (C=O) groups is 1. The summed E-state index contributed by atoms with van der Waals surface area (Å²) in [5.41, 5.74) is 0.517. The maximum atomic E-state index is 13.5. The first-order valence-corrected chi connectivity index (χ1v) is 10.2. The lowest BCUT2D eigenvalue weighted by Crippen LogP contribution is -2.13. The third kappa shape index (κ3) is 4.42. The molecule has 8 heteroatoms. The first kappa shape index (κ1) is 22.5. The standard InChI is InChI=1S/C26H19NO7/c1-32-20-11-5-16(6-12-20)23-15-22(25(28)18-7-13-21(33-2)14-8-18)24(26(29)34-23)17-3-9-19(10-4-17)27(30)31/h3-15H,1-2H3. The number of ketones is 1. The molecule has 34 heavy (non-hydrogen) atoms. The van der Waals surface area contributed by atoms with Crippen molar-refractivity contribution in [3.05, 3.63) is 111 Å². The van der Waals surface area contributed by atoms with Gasteiger partial charge in [0.15, 0.2) is 5.78 Å². The van der Waals surface area contributed by atoms with Gasteiger partial charge in [-0.05, 0) is 72.3 Å². The largest absolute Gasteiger partial charge is 0.497 e. The van der Waals surface area contributed by atoms with E-state index in [1.807, 2.05) is 0 Å². The Hall–Kier alpha value is -4.72. The summed E-state index contributed by atoms with van der Waals surface area (Å²) in [4.78, 5) is 37.1. The van der Waals surface area contributed by atoms with Crippen molar-refractivity contribution in [3.8, 4) is 33.9 Å². The van der Waals surface area contributed by atoms with Gasteiger partial charge in [-0.3, -0.25) is 14.9 Å². The van der Waals surface area contributed by atoms with Crippen LogP contribution in [0.1, 0.15) is 15.9 Å². The Labute approximate surface area is 194 Å². The second-order valence-electron chi connectivity index (χ2n) is 7.28. The summed E-state index contributed by atoms with van der Waals surface area (Å²) in [6, 6.07) is 20.2. The maximum absolute atomic E-state index is 13.5. The van der Waals surface area contributed by atoms with Crippen LogP contribution in [0, 0.1) is 10.1 Å². The van der Waals surface area contributed by atoms with E-state index in [9.17, 15) is 19.7 Å². The van der Waals surface area contributed by atoms with Gasteiger partial charge in [-0.15, -0.1) is 0 Å². The van der Waals surface area contributed by atoms with Gasteiger partial charge >= 0.3 is 5.63 Å². The van der Waals surface area contributed by atoms with Crippen LogP contribution in [0.2, 0.25) is 0 Å². The fourth-order valence-electron chi connectivity index (χ4n) is 3.49. The molecule has 0 amide bonds. The van der Waals surface area contributed by atoms with Crippen LogP contribution in [0.4, 0.5) is 5.69 Å².